The summed E-state index contributed by atoms with van der Waals surface area (Å²) in [7, 11) is 1.34. The number of ether oxygens (including phenoxy) is 1. The third-order valence-corrected chi connectivity index (χ3v) is 3.63. The number of esters is 1. The number of methoxy groups -OCH3 is 1. The van der Waals surface area contributed by atoms with Gasteiger partial charge in [0.15, 0.2) is 0 Å². The molecule has 0 radical (unpaired) electrons. The minimum atomic E-state index is -0.427. The number of hydrogen-bond donors (Lipinski definition) is 2. The average molecular weight is 276 g/mol. The summed E-state index contributed by atoms with van der Waals surface area (Å²) in [4.78, 5) is 11.6. The van der Waals surface area contributed by atoms with E-state index in [1.807, 2.05) is 18.4 Å². The van der Waals surface area contributed by atoms with E-state index < -0.39 is 5.97 Å². The molecule has 2 aromatic rings. The lowest BCUT2D eigenvalue weighted by Gasteiger charge is -2.17. The molecule has 0 saturated heterocycles. The second kappa shape index (κ2) is 5.75. The number of hydrogen-bond acceptors (Lipinski definition) is 5. The van der Waals surface area contributed by atoms with Gasteiger partial charge in [0.1, 0.15) is 0 Å². The van der Waals surface area contributed by atoms with Gasteiger partial charge in [-0.1, -0.05) is 6.07 Å². The first-order valence-electron chi connectivity index (χ1n) is 5.89. The van der Waals surface area contributed by atoms with Gasteiger partial charge in [0.05, 0.1) is 24.0 Å². The predicted octanol–water partition coefficient (Wildman–Crippen LogP) is 3.29. The molecule has 0 amide bonds. The average Bonchev–Trinajstić information content (AvgIpc) is 2.94. The largest absolute Gasteiger partial charge is 0.465 e. The van der Waals surface area contributed by atoms with Gasteiger partial charge in [0.2, 0.25) is 0 Å². The van der Waals surface area contributed by atoms with Crippen molar-refractivity contribution in [3.8, 4) is 0 Å². The molecule has 1 heterocycles. The van der Waals surface area contributed by atoms with Gasteiger partial charge < -0.3 is 15.8 Å². The highest BCUT2D eigenvalue weighted by Gasteiger charge is 2.14. The second-order valence-corrected chi connectivity index (χ2v) is 4.96. The summed E-state index contributed by atoms with van der Waals surface area (Å²) < 4.78 is 4.70. The van der Waals surface area contributed by atoms with E-state index in [0.717, 1.165) is 5.69 Å². The monoisotopic (exact) mass is 276 g/mol. The molecule has 5 heteroatoms. The van der Waals surface area contributed by atoms with Crippen LogP contribution in [0.15, 0.2) is 35.0 Å². The van der Waals surface area contributed by atoms with Crippen molar-refractivity contribution in [1.29, 1.82) is 0 Å². The Morgan fingerprint density at radius 1 is 1.42 bits per heavy atom. The molecule has 0 fully saturated rings. The summed E-state index contributed by atoms with van der Waals surface area (Å²) in [5, 5.41) is 7.42. The van der Waals surface area contributed by atoms with E-state index in [9.17, 15) is 4.79 Å². The molecule has 0 aliphatic heterocycles. The van der Waals surface area contributed by atoms with E-state index >= 15 is 0 Å². The van der Waals surface area contributed by atoms with Gasteiger partial charge in [-0.2, -0.15) is 11.3 Å². The Morgan fingerprint density at radius 3 is 2.84 bits per heavy atom. The van der Waals surface area contributed by atoms with E-state index in [1.54, 1.807) is 23.5 Å². The zero-order valence-electron chi connectivity index (χ0n) is 10.8. The number of carbonyl (C=O) groups is 1. The highest BCUT2D eigenvalue weighted by Crippen LogP contribution is 2.28. The fourth-order valence-electron chi connectivity index (χ4n) is 1.82. The number of thiophene rings is 1. The van der Waals surface area contributed by atoms with Crippen LogP contribution in [0.4, 0.5) is 11.4 Å². The predicted molar refractivity (Wildman–Crippen MR) is 78.6 cm³/mol. The number of nitrogens with two attached hydrogens (primary N) is 1. The number of para-hydroxylation sites is 1. The fourth-order valence-corrected chi connectivity index (χ4v) is 2.57. The Hall–Kier alpha value is -2.01. The Balaban J connectivity index is 2.24. The molecule has 2 rings (SSSR count). The van der Waals surface area contributed by atoms with E-state index in [1.165, 1.54) is 12.7 Å². The lowest BCUT2D eigenvalue weighted by Crippen LogP contribution is -2.11. The zero-order chi connectivity index (χ0) is 13.8. The quantitative estimate of drug-likeness (QED) is 0.664. The van der Waals surface area contributed by atoms with Crippen LogP contribution >= 0.6 is 11.3 Å². The summed E-state index contributed by atoms with van der Waals surface area (Å²) in [5.74, 6) is -0.427. The molecule has 0 aliphatic carbocycles. The van der Waals surface area contributed by atoms with E-state index in [2.05, 4.69) is 16.8 Å². The van der Waals surface area contributed by atoms with Crippen molar-refractivity contribution >= 4 is 28.7 Å². The molecular weight excluding hydrogens is 260 g/mol. The van der Waals surface area contributed by atoms with Crippen molar-refractivity contribution in [1.82, 2.24) is 0 Å². The lowest BCUT2D eigenvalue weighted by atomic mass is 10.1. The summed E-state index contributed by atoms with van der Waals surface area (Å²) in [6.45, 7) is 2.05. The molecule has 19 heavy (non-hydrogen) atoms. The summed E-state index contributed by atoms with van der Waals surface area (Å²) in [6.07, 6.45) is 0. The highest BCUT2D eigenvalue weighted by molar-refractivity contribution is 7.07. The van der Waals surface area contributed by atoms with E-state index in [-0.39, 0.29) is 6.04 Å². The van der Waals surface area contributed by atoms with E-state index in [4.69, 9.17) is 10.5 Å². The van der Waals surface area contributed by atoms with E-state index in [0.29, 0.717) is 11.3 Å². The normalized spacial score (nSPS) is 11.9. The van der Waals surface area contributed by atoms with Crippen LogP contribution in [0, 0.1) is 0 Å². The number of anilines is 2. The fraction of sp³-hybridized carbons (Fsp3) is 0.214. The molecule has 0 bridgehead atoms. The Kier molecular flexibility index (Phi) is 4.06. The summed E-state index contributed by atoms with van der Waals surface area (Å²) in [6, 6.07) is 7.47. The van der Waals surface area contributed by atoms with Gasteiger partial charge in [-0.25, -0.2) is 4.79 Å². The third kappa shape index (κ3) is 2.88. The van der Waals surface area contributed by atoms with Crippen molar-refractivity contribution in [2.45, 2.75) is 13.0 Å². The standard InChI is InChI=1S/C14H16N2O2S/c1-9(10-6-7-19-8-10)16-12-5-3-4-11(13(12)15)14(17)18-2/h3-9,16H,15H2,1-2H3. The summed E-state index contributed by atoms with van der Waals surface area (Å²) >= 11 is 1.65. The number of nitrogens with one attached hydrogen (secondary N) is 1. The molecule has 0 spiro atoms. The maximum absolute atomic E-state index is 11.6. The van der Waals surface area contributed by atoms with Crippen LogP contribution in [0.2, 0.25) is 0 Å². The first-order chi connectivity index (χ1) is 9.13. The van der Waals surface area contributed by atoms with Crippen molar-refractivity contribution in [2.75, 3.05) is 18.2 Å². The zero-order valence-corrected chi connectivity index (χ0v) is 11.7. The van der Waals surface area contributed by atoms with Crippen molar-refractivity contribution in [3.05, 3.63) is 46.2 Å². The van der Waals surface area contributed by atoms with Crippen LogP contribution in [0.5, 0.6) is 0 Å². The number of benzene rings is 1. The topological polar surface area (TPSA) is 64.3 Å². The lowest BCUT2D eigenvalue weighted by molar-refractivity contribution is 0.0602. The first-order valence-corrected chi connectivity index (χ1v) is 6.83. The van der Waals surface area contributed by atoms with Crippen LogP contribution in [0.25, 0.3) is 0 Å². The smallest absolute Gasteiger partial charge is 0.340 e. The number of rotatable bonds is 4. The van der Waals surface area contributed by atoms with Crippen molar-refractivity contribution in [2.24, 2.45) is 0 Å². The van der Waals surface area contributed by atoms with Gasteiger partial charge in [-0.3, -0.25) is 0 Å². The minimum absolute atomic E-state index is 0.126. The highest BCUT2D eigenvalue weighted by atomic mass is 32.1. The van der Waals surface area contributed by atoms with Crippen LogP contribution in [0.3, 0.4) is 0 Å². The number of nitrogen functional groups attached to an aromatic ring is 1. The van der Waals surface area contributed by atoms with Gasteiger partial charge >= 0.3 is 5.97 Å². The first kappa shape index (κ1) is 13.4. The molecule has 100 valence electrons. The Labute approximate surface area is 116 Å². The molecule has 1 atom stereocenters. The van der Waals surface area contributed by atoms with Crippen molar-refractivity contribution in [3.63, 3.8) is 0 Å². The van der Waals surface area contributed by atoms with Gasteiger partial charge in [-0.05, 0) is 41.4 Å². The Bertz CT molecular complexity index is 567. The molecular formula is C14H16N2O2S. The van der Waals surface area contributed by atoms with Crippen LogP contribution in [-0.4, -0.2) is 13.1 Å². The SMILES string of the molecule is COC(=O)c1cccc(NC(C)c2ccsc2)c1N. The minimum Gasteiger partial charge on any atom is -0.465 e. The van der Waals surface area contributed by atoms with Crippen molar-refractivity contribution < 1.29 is 9.53 Å². The van der Waals surface area contributed by atoms with Gasteiger partial charge in [0, 0.05) is 6.04 Å². The molecule has 1 aromatic carbocycles. The molecule has 1 unspecified atom stereocenters. The molecule has 4 nitrogen and oxygen atoms in total. The summed E-state index contributed by atoms with van der Waals surface area (Å²) in [5.41, 5.74) is 8.72. The molecule has 1 aromatic heterocycles. The van der Waals surface area contributed by atoms with Gasteiger partial charge in [0.25, 0.3) is 0 Å². The maximum atomic E-state index is 11.6. The van der Waals surface area contributed by atoms with Crippen LogP contribution < -0.4 is 11.1 Å². The van der Waals surface area contributed by atoms with Gasteiger partial charge in [-0.15, -0.1) is 0 Å². The second-order valence-electron chi connectivity index (χ2n) is 4.18. The molecule has 3 N–H and O–H groups in total. The maximum Gasteiger partial charge on any atom is 0.340 e. The third-order valence-electron chi connectivity index (χ3n) is 2.93. The number of carbonyl (C=O) groups excluding carboxylic acids is 1. The Morgan fingerprint density at radius 2 is 2.21 bits per heavy atom. The van der Waals surface area contributed by atoms with Crippen LogP contribution in [0.1, 0.15) is 28.9 Å². The molecule has 0 aliphatic rings. The van der Waals surface area contributed by atoms with Crippen LogP contribution in [-0.2, 0) is 4.74 Å². The molecule has 0 saturated carbocycles.